The fourth-order valence-corrected chi connectivity index (χ4v) is 1.72. The summed E-state index contributed by atoms with van der Waals surface area (Å²) in [6, 6.07) is -1.35. The summed E-state index contributed by atoms with van der Waals surface area (Å²) in [5.74, 6) is -1.93. The number of hydrogen-bond donors (Lipinski definition) is 3. The molecule has 0 saturated carbocycles. The highest BCUT2D eigenvalue weighted by atomic mass is 16.5. The number of urea groups is 1. The minimum Gasteiger partial charge on any atom is -0.479 e. The Morgan fingerprint density at radius 3 is 2.80 bits per heavy atom. The summed E-state index contributed by atoms with van der Waals surface area (Å²) < 4.78 is 9.71. The topological polar surface area (TPSA) is 125 Å². The lowest BCUT2D eigenvalue weighted by Gasteiger charge is -2.33. The first-order valence-electron chi connectivity index (χ1n) is 6.08. The summed E-state index contributed by atoms with van der Waals surface area (Å²) >= 11 is 0. The number of carbonyl (C=O) groups is 3. The van der Waals surface area contributed by atoms with Crippen LogP contribution in [0.15, 0.2) is 0 Å². The SMILES string of the molecule is COC(=O)C1COCCN1C(=O)NCC[C@H](O)C(=O)O. The van der Waals surface area contributed by atoms with Crippen LogP contribution in [0.25, 0.3) is 0 Å². The van der Waals surface area contributed by atoms with Gasteiger partial charge in [0, 0.05) is 19.5 Å². The summed E-state index contributed by atoms with van der Waals surface area (Å²) in [4.78, 5) is 35.1. The number of aliphatic hydroxyl groups excluding tert-OH is 1. The normalized spacial score (nSPS) is 20.1. The van der Waals surface area contributed by atoms with E-state index < -0.39 is 30.1 Å². The minimum absolute atomic E-state index is 0.0163. The van der Waals surface area contributed by atoms with Gasteiger partial charge in [-0.15, -0.1) is 0 Å². The van der Waals surface area contributed by atoms with Crippen LogP contribution in [0.1, 0.15) is 6.42 Å². The van der Waals surface area contributed by atoms with Gasteiger partial charge in [-0.3, -0.25) is 0 Å². The number of esters is 1. The molecule has 0 spiro atoms. The van der Waals surface area contributed by atoms with Crippen LogP contribution in [-0.4, -0.2) is 78.6 Å². The minimum atomic E-state index is -1.53. The molecule has 20 heavy (non-hydrogen) atoms. The molecular formula is C11H18N2O7. The van der Waals surface area contributed by atoms with Gasteiger partial charge < -0.3 is 29.9 Å². The Kier molecular flexibility index (Phi) is 6.19. The summed E-state index contributed by atoms with van der Waals surface area (Å²) in [6.07, 6.45) is -1.65. The van der Waals surface area contributed by atoms with Crippen molar-refractivity contribution in [2.75, 3.05) is 33.4 Å². The molecule has 0 bridgehead atoms. The Balaban J connectivity index is 2.47. The average Bonchev–Trinajstić information content (AvgIpc) is 2.45. The zero-order chi connectivity index (χ0) is 15.1. The second-order valence-corrected chi connectivity index (χ2v) is 4.18. The maximum Gasteiger partial charge on any atom is 0.332 e. The first-order valence-corrected chi connectivity index (χ1v) is 6.08. The molecule has 0 aromatic rings. The Bertz CT molecular complexity index is 374. The lowest BCUT2D eigenvalue weighted by Crippen LogP contribution is -2.56. The quantitative estimate of drug-likeness (QED) is 0.521. The van der Waals surface area contributed by atoms with Gasteiger partial charge in [0.1, 0.15) is 0 Å². The number of hydrogen-bond acceptors (Lipinski definition) is 6. The zero-order valence-electron chi connectivity index (χ0n) is 11.1. The van der Waals surface area contributed by atoms with E-state index in [-0.39, 0.29) is 26.1 Å². The molecule has 9 heteroatoms. The first kappa shape index (κ1) is 16.2. The highest BCUT2D eigenvalue weighted by molar-refractivity contribution is 5.84. The van der Waals surface area contributed by atoms with Gasteiger partial charge in [0.25, 0.3) is 0 Å². The van der Waals surface area contributed by atoms with Gasteiger partial charge in [-0.05, 0) is 0 Å². The lowest BCUT2D eigenvalue weighted by atomic mass is 10.2. The van der Waals surface area contributed by atoms with E-state index in [1.165, 1.54) is 12.0 Å². The van der Waals surface area contributed by atoms with E-state index in [9.17, 15) is 14.4 Å². The van der Waals surface area contributed by atoms with Gasteiger partial charge in [-0.25, -0.2) is 14.4 Å². The van der Waals surface area contributed by atoms with Crippen molar-refractivity contribution in [2.24, 2.45) is 0 Å². The molecule has 1 unspecified atom stereocenters. The molecule has 1 heterocycles. The molecule has 1 aliphatic rings. The van der Waals surface area contributed by atoms with Crippen molar-refractivity contribution in [2.45, 2.75) is 18.6 Å². The largest absolute Gasteiger partial charge is 0.479 e. The van der Waals surface area contributed by atoms with Gasteiger partial charge in [-0.1, -0.05) is 0 Å². The lowest BCUT2D eigenvalue weighted by molar-refractivity contribution is -0.151. The number of nitrogens with one attached hydrogen (secondary N) is 1. The third-order valence-electron chi connectivity index (χ3n) is 2.84. The number of methoxy groups -OCH3 is 1. The monoisotopic (exact) mass is 290 g/mol. The molecule has 0 aromatic carbocycles. The Morgan fingerprint density at radius 1 is 1.50 bits per heavy atom. The second kappa shape index (κ2) is 7.65. The third kappa shape index (κ3) is 4.35. The Hall–Kier alpha value is -1.87. The van der Waals surface area contributed by atoms with Crippen molar-refractivity contribution in [3.8, 4) is 0 Å². The number of amides is 2. The molecule has 0 radical (unpaired) electrons. The van der Waals surface area contributed by atoms with Crippen molar-refractivity contribution in [1.82, 2.24) is 10.2 Å². The van der Waals surface area contributed by atoms with E-state index >= 15 is 0 Å². The predicted molar refractivity (Wildman–Crippen MR) is 65.0 cm³/mol. The number of rotatable bonds is 5. The zero-order valence-corrected chi connectivity index (χ0v) is 11.1. The molecule has 114 valence electrons. The van der Waals surface area contributed by atoms with Crippen molar-refractivity contribution in [1.29, 1.82) is 0 Å². The van der Waals surface area contributed by atoms with Crippen molar-refractivity contribution in [3.05, 3.63) is 0 Å². The van der Waals surface area contributed by atoms with Gasteiger partial charge in [0.15, 0.2) is 12.1 Å². The van der Waals surface area contributed by atoms with E-state index in [4.69, 9.17) is 14.9 Å². The summed E-state index contributed by atoms with van der Waals surface area (Å²) in [5, 5.41) is 20.0. The molecule has 1 fully saturated rings. The number of carboxylic acids is 1. The number of carbonyl (C=O) groups excluding carboxylic acids is 2. The molecule has 3 N–H and O–H groups in total. The van der Waals surface area contributed by atoms with E-state index in [2.05, 4.69) is 10.1 Å². The average molecular weight is 290 g/mol. The molecule has 1 saturated heterocycles. The number of aliphatic carboxylic acids is 1. The van der Waals surface area contributed by atoms with E-state index in [0.29, 0.717) is 6.61 Å². The van der Waals surface area contributed by atoms with E-state index in [0.717, 1.165) is 0 Å². The maximum absolute atomic E-state index is 11.9. The van der Waals surface area contributed by atoms with Crippen LogP contribution in [0.4, 0.5) is 4.79 Å². The van der Waals surface area contributed by atoms with Crippen LogP contribution in [0.3, 0.4) is 0 Å². The molecule has 0 aromatic heterocycles. The van der Waals surface area contributed by atoms with Gasteiger partial charge >= 0.3 is 18.0 Å². The highest BCUT2D eigenvalue weighted by Gasteiger charge is 2.33. The standard InChI is InChI=1S/C11H18N2O7/c1-19-10(17)7-6-20-5-4-13(7)11(18)12-3-2-8(14)9(15)16/h7-8,14H,2-6H2,1H3,(H,12,18)(H,15,16)/t7?,8-/m0/s1. The van der Waals surface area contributed by atoms with E-state index in [1.54, 1.807) is 0 Å². The van der Waals surface area contributed by atoms with Crippen molar-refractivity contribution < 1.29 is 34.1 Å². The Morgan fingerprint density at radius 2 is 2.20 bits per heavy atom. The fraction of sp³-hybridized carbons (Fsp3) is 0.727. The molecule has 0 aliphatic carbocycles. The number of carboxylic acid groups (broad SMARTS) is 1. The molecular weight excluding hydrogens is 272 g/mol. The maximum atomic E-state index is 11.9. The van der Waals surface area contributed by atoms with Crippen LogP contribution < -0.4 is 5.32 Å². The summed E-state index contributed by atoms with van der Waals surface area (Å²) in [5.41, 5.74) is 0. The third-order valence-corrected chi connectivity index (χ3v) is 2.84. The Labute approximate surface area is 115 Å². The van der Waals surface area contributed by atoms with Crippen LogP contribution in [0.2, 0.25) is 0 Å². The second-order valence-electron chi connectivity index (χ2n) is 4.18. The number of ether oxygens (including phenoxy) is 2. The van der Waals surface area contributed by atoms with Crippen LogP contribution >= 0.6 is 0 Å². The smallest absolute Gasteiger partial charge is 0.332 e. The van der Waals surface area contributed by atoms with Crippen molar-refractivity contribution >= 4 is 18.0 Å². The van der Waals surface area contributed by atoms with Gasteiger partial charge in [0.05, 0.1) is 20.3 Å². The van der Waals surface area contributed by atoms with Crippen molar-refractivity contribution in [3.63, 3.8) is 0 Å². The van der Waals surface area contributed by atoms with E-state index in [1.807, 2.05) is 0 Å². The predicted octanol–water partition coefficient (Wildman–Crippen LogP) is -1.59. The number of morpholine rings is 1. The number of nitrogens with zero attached hydrogens (tertiary/aromatic N) is 1. The highest BCUT2D eigenvalue weighted by Crippen LogP contribution is 2.08. The number of aliphatic hydroxyl groups is 1. The van der Waals surface area contributed by atoms with Gasteiger partial charge in [-0.2, -0.15) is 0 Å². The van der Waals surface area contributed by atoms with Crippen LogP contribution in [0.5, 0.6) is 0 Å². The van der Waals surface area contributed by atoms with Crippen LogP contribution in [-0.2, 0) is 19.1 Å². The molecule has 9 nitrogen and oxygen atoms in total. The first-order chi connectivity index (χ1) is 9.47. The van der Waals surface area contributed by atoms with Gasteiger partial charge in [0.2, 0.25) is 0 Å². The molecule has 1 rings (SSSR count). The van der Waals surface area contributed by atoms with Crippen LogP contribution in [0, 0.1) is 0 Å². The molecule has 2 atom stereocenters. The summed E-state index contributed by atoms with van der Waals surface area (Å²) in [6.45, 7) is 0.571. The molecule has 2 amide bonds. The molecule has 1 aliphatic heterocycles. The summed E-state index contributed by atoms with van der Waals surface area (Å²) in [7, 11) is 1.22. The fourth-order valence-electron chi connectivity index (χ4n) is 1.72.